The molecule has 0 spiro atoms. The van der Waals surface area contributed by atoms with E-state index in [2.05, 4.69) is 11.1 Å². The first-order chi connectivity index (χ1) is 13.5. The van der Waals surface area contributed by atoms with Crippen LogP contribution in [0.3, 0.4) is 0 Å². The molecule has 0 N–H and O–H groups in total. The summed E-state index contributed by atoms with van der Waals surface area (Å²) in [5, 5.41) is 0.954. The summed E-state index contributed by atoms with van der Waals surface area (Å²) in [5.41, 5.74) is -5.21. The molecule has 0 saturated heterocycles. The number of ether oxygens (including phenoxy) is 1. The molecule has 2 aromatic carbocycles. The number of alkyl halides is 3. The highest BCUT2D eigenvalue weighted by Gasteiger charge is 2.48. The lowest BCUT2D eigenvalue weighted by atomic mass is 10.1. The minimum absolute atomic E-state index is 0.224. The molecule has 0 radical (unpaired) electrons. The van der Waals surface area contributed by atoms with Crippen molar-refractivity contribution in [1.82, 2.24) is 0 Å². The van der Waals surface area contributed by atoms with Gasteiger partial charge in [0.1, 0.15) is 5.75 Å². The van der Waals surface area contributed by atoms with Crippen LogP contribution >= 0.6 is 0 Å². The third-order valence-corrected chi connectivity index (χ3v) is 5.29. The van der Waals surface area contributed by atoms with E-state index >= 15 is 0 Å². The fourth-order valence-corrected chi connectivity index (χ4v) is 3.20. The van der Waals surface area contributed by atoms with Crippen LogP contribution in [0.15, 0.2) is 36.4 Å². The zero-order chi connectivity index (χ0) is 21.7. The molecule has 5 nitrogen and oxygen atoms in total. The summed E-state index contributed by atoms with van der Waals surface area (Å²) in [6, 6.07) is 8.12. The third-order valence-electron chi connectivity index (χ3n) is 4.31. The summed E-state index contributed by atoms with van der Waals surface area (Å²) in [6.45, 7) is 3.95. The van der Waals surface area contributed by atoms with Crippen LogP contribution < -0.4 is 4.18 Å². The lowest BCUT2D eigenvalue weighted by Gasteiger charge is -2.13. The smallest absolute Gasteiger partial charge is 0.459 e. The maximum atomic E-state index is 12.4. The van der Waals surface area contributed by atoms with Gasteiger partial charge in [-0.3, -0.25) is 0 Å². The molecule has 0 heterocycles. The summed E-state index contributed by atoms with van der Waals surface area (Å²) in [4.78, 5) is 12.3. The zero-order valence-corrected chi connectivity index (χ0v) is 17.0. The molecule has 160 valence electrons. The standard InChI is InChI=1S/C20H23F3O5S/c1-3-4-5-6-7-14(2)27-19(24)17-9-8-16-13-18(11-10-15(16)12-17)28-29(25,26)20(21,22)23/h8-14H,3-7H2,1-2H3/t14-/m1/s1. The van der Waals surface area contributed by atoms with Crippen LogP contribution in [0.4, 0.5) is 13.2 Å². The zero-order valence-electron chi connectivity index (χ0n) is 16.2. The number of benzene rings is 2. The highest BCUT2D eigenvalue weighted by Crippen LogP contribution is 2.29. The molecule has 0 bridgehead atoms. The molecule has 0 amide bonds. The van der Waals surface area contributed by atoms with Crippen molar-refractivity contribution in [3.63, 3.8) is 0 Å². The predicted molar refractivity (Wildman–Crippen MR) is 103 cm³/mol. The molecule has 0 aliphatic heterocycles. The third kappa shape index (κ3) is 6.35. The predicted octanol–water partition coefficient (Wildman–Crippen LogP) is 5.58. The van der Waals surface area contributed by atoms with Gasteiger partial charge in [-0.05, 0) is 54.8 Å². The molecule has 29 heavy (non-hydrogen) atoms. The topological polar surface area (TPSA) is 69.7 Å². The molecule has 0 aromatic heterocycles. The van der Waals surface area contributed by atoms with Crippen LogP contribution in [0, 0.1) is 0 Å². The summed E-state index contributed by atoms with van der Waals surface area (Å²) >= 11 is 0. The monoisotopic (exact) mass is 432 g/mol. The maximum Gasteiger partial charge on any atom is 0.534 e. The summed E-state index contributed by atoms with van der Waals surface area (Å²) in [5.74, 6) is -0.958. The van der Waals surface area contributed by atoms with Crippen LogP contribution in [0.25, 0.3) is 10.8 Å². The van der Waals surface area contributed by atoms with Gasteiger partial charge < -0.3 is 8.92 Å². The van der Waals surface area contributed by atoms with Gasteiger partial charge in [-0.25, -0.2) is 4.79 Å². The number of rotatable bonds is 9. The lowest BCUT2D eigenvalue weighted by molar-refractivity contribution is -0.0500. The average Bonchev–Trinajstić information content (AvgIpc) is 2.63. The average molecular weight is 432 g/mol. The van der Waals surface area contributed by atoms with E-state index in [-0.39, 0.29) is 6.10 Å². The largest absolute Gasteiger partial charge is 0.534 e. The van der Waals surface area contributed by atoms with E-state index in [1.807, 2.05) is 6.92 Å². The summed E-state index contributed by atoms with van der Waals surface area (Å²) in [6.07, 6.45) is 4.88. The number of esters is 1. The Morgan fingerprint density at radius 1 is 1.03 bits per heavy atom. The van der Waals surface area contributed by atoms with Crippen molar-refractivity contribution in [2.24, 2.45) is 0 Å². The second-order valence-electron chi connectivity index (χ2n) is 6.77. The Morgan fingerprint density at radius 2 is 1.69 bits per heavy atom. The normalized spacial score (nSPS) is 13.3. The molecule has 1 atom stereocenters. The molecule has 0 unspecified atom stereocenters. The van der Waals surface area contributed by atoms with Crippen LogP contribution in [-0.2, 0) is 14.9 Å². The second-order valence-corrected chi connectivity index (χ2v) is 8.31. The highest BCUT2D eigenvalue weighted by molar-refractivity contribution is 7.88. The first kappa shape index (κ1) is 23.0. The van der Waals surface area contributed by atoms with Crippen molar-refractivity contribution >= 4 is 26.9 Å². The molecule has 0 aliphatic carbocycles. The van der Waals surface area contributed by atoms with E-state index in [0.29, 0.717) is 16.3 Å². The minimum Gasteiger partial charge on any atom is -0.459 e. The van der Waals surface area contributed by atoms with Crippen molar-refractivity contribution in [3.05, 3.63) is 42.0 Å². The molecule has 0 aliphatic rings. The van der Waals surface area contributed by atoms with Crippen LogP contribution in [0.1, 0.15) is 56.3 Å². The highest BCUT2D eigenvalue weighted by atomic mass is 32.2. The molecular formula is C20H23F3O5S. The first-order valence-corrected chi connectivity index (χ1v) is 10.7. The Kier molecular flexibility index (Phi) is 7.51. The molecule has 0 saturated carbocycles. The maximum absolute atomic E-state index is 12.4. The van der Waals surface area contributed by atoms with Gasteiger partial charge in [-0.2, -0.15) is 21.6 Å². The quantitative estimate of drug-likeness (QED) is 0.224. The van der Waals surface area contributed by atoms with Gasteiger partial charge in [0, 0.05) is 0 Å². The Hall–Kier alpha value is -2.29. The van der Waals surface area contributed by atoms with Gasteiger partial charge >= 0.3 is 21.6 Å². The van der Waals surface area contributed by atoms with Crippen molar-refractivity contribution in [2.75, 3.05) is 0 Å². The van der Waals surface area contributed by atoms with Gasteiger partial charge in [-0.15, -0.1) is 0 Å². The summed E-state index contributed by atoms with van der Waals surface area (Å²) < 4.78 is 69.0. The number of hydrogen-bond donors (Lipinski definition) is 0. The van der Waals surface area contributed by atoms with Crippen LogP contribution in [0.2, 0.25) is 0 Å². The minimum atomic E-state index is -5.74. The lowest BCUT2D eigenvalue weighted by Crippen LogP contribution is -2.28. The molecule has 2 aromatic rings. The number of carbonyl (C=O) groups excluding carboxylic acids is 1. The molecule has 2 rings (SSSR count). The Labute approximate surface area is 167 Å². The van der Waals surface area contributed by atoms with Gasteiger partial charge in [0.2, 0.25) is 0 Å². The molecule has 0 fully saturated rings. The van der Waals surface area contributed by atoms with Crippen molar-refractivity contribution in [1.29, 1.82) is 0 Å². The van der Waals surface area contributed by atoms with Crippen molar-refractivity contribution in [3.8, 4) is 5.75 Å². The number of carbonyl (C=O) groups is 1. The fraction of sp³-hybridized carbons (Fsp3) is 0.450. The Bertz CT molecular complexity index is 954. The Morgan fingerprint density at radius 3 is 2.34 bits per heavy atom. The summed E-state index contributed by atoms with van der Waals surface area (Å²) in [7, 11) is -5.74. The van der Waals surface area contributed by atoms with E-state index in [1.54, 1.807) is 0 Å². The number of hydrogen-bond acceptors (Lipinski definition) is 5. The second kappa shape index (κ2) is 9.47. The number of fused-ring (bicyclic) bond motifs is 1. The van der Waals surface area contributed by atoms with E-state index in [9.17, 15) is 26.4 Å². The van der Waals surface area contributed by atoms with Gasteiger partial charge in [0.25, 0.3) is 0 Å². The van der Waals surface area contributed by atoms with E-state index in [4.69, 9.17) is 4.74 Å². The number of halogens is 3. The Balaban J connectivity index is 2.08. The van der Waals surface area contributed by atoms with E-state index in [0.717, 1.165) is 44.2 Å². The van der Waals surface area contributed by atoms with Crippen molar-refractivity contribution in [2.45, 2.75) is 57.6 Å². The van der Waals surface area contributed by atoms with Crippen LogP contribution in [-0.4, -0.2) is 26.0 Å². The SMILES string of the molecule is CCCCCC[C@@H](C)OC(=O)c1ccc2cc(OS(=O)(=O)C(F)(F)F)ccc2c1. The van der Waals surface area contributed by atoms with Gasteiger partial charge in [0.15, 0.2) is 0 Å². The number of unbranched alkanes of at least 4 members (excludes halogenated alkanes) is 3. The van der Waals surface area contributed by atoms with E-state index < -0.39 is 27.3 Å². The van der Waals surface area contributed by atoms with Gasteiger partial charge in [-0.1, -0.05) is 38.3 Å². The van der Waals surface area contributed by atoms with Crippen LogP contribution in [0.5, 0.6) is 5.75 Å². The van der Waals surface area contributed by atoms with E-state index in [1.165, 1.54) is 24.3 Å². The first-order valence-electron chi connectivity index (χ1n) is 9.29. The van der Waals surface area contributed by atoms with Crippen molar-refractivity contribution < 1.29 is 35.3 Å². The van der Waals surface area contributed by atoms with Gasteiger partial charge in [0.05, 0.1) is 11.7 Å². The fourth-order valence-electron chi connectivity index (χ4n) is 2.74. The molecular weight excluding hydrogens is 409 g/mol. The molecule has 9 heteroatoms.